The highest BCUT2D eigenvalue weighted by molar-refractivity contribution is 5.92. The van der Waals surface area contributed by atoms with Crippen LogP contribution < -0.4 is 5.32 Å². The maximum atomic E-state index is 12.5. The summed E-state index contributed by atoms with van der Waals surface area (Å²) in [5.74, 6) is 0.169. The molecule has 0 fully saturated rings. The molecule has 3 heterocycles. The van der Waals surface area contributed by atoms with Crippen LogP contribution in [0.2, 0.25) is 0 Å². The molecular weight excluding hydrogens is 368 g/mol. The van der Waals surface area contributed by atoms with Gasteiger partial charge in [-0.15, -0.1) is 5.10 Å². The molecule has 0 radical (unpaired) electrons. The second-order valence-electron chi connectivity index (χ2n) is 6.74. The third kappa shape index (κ3) is 4.73. The van der Waals surface area contributed by atoms with Crippen molar-refractivity contribution >= 4 is 23.7 Å². The van der Waals surface area contributed by atoms with Crippen molar-refractivity contribution in [3.8, 4) is 0 Å². The smallest absolute Gasteiger partial charge is 0.247 e. The Kier molecular flexibility index (Phi) is 5.42. The Morgan fingerprint density at radius 3 is 2.76 bits per heavy atom. The summed E-state index contributed by atoms with van der Waals surface area (Å²) in [5.41, 5.74) is 3.30. The number of fused-ring (bicyclic) bond motifs is 1. The number of amides is 2. The van der Waals surface area contributed by atoms with Gasteiger partial charge < -0.3 is 10.2 Å². The van der Waals surface area contributed by atoms with Crippen LogP contribution in [0.3, 0.4) is 0 Å². The van der Waals surface area contributed by atoms with Crippen molar-refractivity contribution < 1.29 is 9.59 Å². The van der Waals surface area contributed by atoms with Crippen molar-refractivity contribution in [1.29, 1.82) is 0 Å². The molecule has 2 amide bonds. The van der Waals surface area contributed by atoms with Gasteiger partial charge in [-0.05, 0) is 41.3 Å². The van der Waals surface area contributed by atoms with Crippen molar-refractivity contribution in [1.82, 2.24) is 24.9 Å². The van der Waals surface area contributed by atoms with Crippen molar-refractivity contribution in [3.05, 3.63) is 77.8 Å². The largest absolute Gasteiger partial charge is 0.334 e. The van der Waals surface area contributed by atoms with Crippen molar-refractivity contribution in [3.63, 3.8) is 0 Å². The number of carbonyl (C=O) groups is 2. The summed E-state index contributed by atoms with van der Waals surface area (Å²) in [6.07, 6.45) is 8.90. The van der Waals surface area contributed by atoms with Crippen LogP contribution in [0, 0.1) is 0 Å². The first-order valence-corrected chi connectivity index (χ1v) is 9.31. The molecule has 0 aliphatic carbocycles. The van der Waals surface area contributed by atoms with E-state index in [2.05, 4.69) is 32.7 Å². The summed E-state index contributed by atoms with van der Waals surface area (Å²) in [7, 11) is 0. The summed E-state index contributed by atoms with van der Waals surface area (Å²) in [6.45, 7) is 1.42. The van der Waals surface area contributed by atoms with E-state index in [0.717, 1.165) is 18.5 Å². The van der Waals surface area contributed by atoms with Crippen molar-refractivity contribution in [2.75, 3.05) is 11.9 Å². The van der Waals surface area contributed by atoms with Gasteiger partial charge in [0.25, 0.3) is 0 Å². The average Bonchev–Trinajstić information content (AvgIpc) is 3.25. The lowest BCUT2D eigenvalue weighted by atomic mass is 10.00. The molecule has 0 saturated heterocycles. The van der Waals surface area contributed by atoms with E-state index in [1.165, 1.54) is 22.0 Å². The van der Waals surface area contributed by atoms with Crippen LogP contribution in [-0.4, -0.2) is 43.2 Å². The van der Waals surface area contributed by atoms with E-state index in [9.17, 15) is 9.59 Å². The quantitative estimate of drug-likeness (QED) is 0.674. The van der Waals surface area contributed by atoms with Gasteiger partial charge in [0.2, 0.25) is 11.8 Å². The lowest BCUT2D eigenvalue weighted by molar-refractivity contribution is -0.126. The SMILES string of the molecule is O=C(Cn1ccnn1)Nc1ccc(/C=C/C(=O)N2CCc3ccccc3C2)cn1. The van der Waals surface area contributed by atoms with Gasteiger partial charge in [-0.3, -0.25) is 9.59 Å². The number of nitrogens with one attached hydrogen (secondary N) is 1. The van der Waals surface area contributed by atoms with E-state index in [0.29, 0.717) is 12.4 Å². The number of nitrogens with zero attached hydrogens (tertiary/aromatic N) is 5. The lowest BCUT2D eigenvalue weighted by Gasteiger charge is -2.27. The van der Waals surface area contributed by atoms with Crippen LogP contribution >= 0.6 is 0 Å². The summed E-state index contributed by atoms with van der Waals surface area (Å²) in [4.78, 5) is 30.5. The Hall–Kier alpha value is -3.81. The molecule has 8 nitrogen and oxygen atoms in total. The number of aromatic nitrogens is 4. The number of hydrogen-bond acceptors (Lipinski definition) is 5. The zero-order chi connectivity index (χ0) is 20.1. The van der Waals surface area contributed by atoms with E-state index in [1.807, 2.05) is 17.0 Å². The van der Waals surface area contributed by atoms with Crippen LogP contribution in [0.25, 0.3) is 6.08 Å². The van der Waals surface area contributed by atoms with E-state index >= 15 is 0 Å². The number of anilines is 1. The van der Waals surface area contributed by atoms with Crippen LogP contribution in [0.4, 0.5) is 5.82 Å². The van der Waals surface area contributed by atoms with Gasteiger partial charge >= 0.3 is 0 Å². The summed E-state index contributed by atoms with van der Waals surface area (Å²) >= 11 is 0. The molecule has 2 aromatic heterocycles. The van der Waals surface area contributed by atoms with Crippen LogP contribution in [0.1, 0.15) is 16.7 Å². The summed E-state index contributed by atoms with van der Waals surface area (Å²) in [5, 5.41) is 10.1. The van der Waals surface area contributed by atoms with E-state index in [4.69, 9.17) is 0 Å². The minimum absolute atomic E-state index is 0.0234. The molecule has 0 atom stereocenters. The molecule has 29 heavy (non-hydrogen) atoms. The van der Waals surface area contributed by atoms with Gasteiger partial charge in [-0.2, -0.15) is 0 Å². The van der Waals surface area contributed by atoms with E-state index in [1.54, 1.807) is 36.7 Å². The van der Waals surface area contributed by atoms with Crippen LogP contribution in [0.5, 0.6) is 0 Å². The zero-order valence-corrected chi connectivity index (χ0v) is 15.7. The monoisotopic (exact) mass is 388 g/mol. The first kappa shape index (κ1) is 18.5. The number of carbonyl (C=O) groups excluding carboxylic acids is 2. The van der Waals surface area contributed by atoms with Crippen LogP contribution in [-0.2, 0) is 29.1 Å². The molecule has 0 spiro atoms. The Morgan fingerprint density at radius 2 is 2.00 bits per heavy atom. The molecule has 3 aromatic rings. The summed E-state index contributed by atoms with van der Waals surface area (Å²) in [6, 6.07) is 11.7. The highest BCUT2D eigenvalue weighted by Crippen LogP contribution is 2.19. The predicted molar refractivity (Wildman–Crippen MR) is 107 cm³/mol. The maximum absolute atomic E-state index is 12.5. The second kappa shape index (κ2) is 8.47. The van der Waals surface area contributed by atoms with Gasteiger partial charge in [-0.1, -0.05) is 29.5 Å². The van der Waals surface area contributed by atoms with Gasteiger partial charge in [0.15, 0.2) is 0 Å². The molecular formula is C21H20N6O2. The molecule has 1 N–H and O–H groups in total. The van der Waals surface area contributed by atoms with E-state index < -0.39 is 0 Å². The second-order valence-corrected chi connectivity index (χ2v) is 6.74. The first-order valence-electron chi connectivity index (χ1n) is 9.31. The highest BCUT2D eigenvalue weighted by atomic mass is 16.2. The molecule has 0 unspecified atom stereocenters. The Balaban J connectivity index is 1.32. The van der Waals surface area contributed by atoms with Gasteiger partial charge in [0, 0.05) is 31.6 Å². The van der Waals surface area contributed by atoms with Crippen molar-refractivity contribution in [2.24, 2.45) is 0 Å². The Bertz CT molecular complexity index is 1030. The van der Waals surface area contributed by atoms with Gasteiger partial charge in [0.1, 0.15) is 12.4 Å². The summed E-state index contributed by atoms with van der Waals surface area (Å²) < 4.78 is 1.43. The van der Waals surface area contributed by atoms with Gasteiger partial charge in [0.05, 0.1) is 6.20 Å². The topological polar surface area (TPSA) is 93.0 Å². The molecule has 4 rings (SSSR count). The Morgan fingerprint density at radius 1 is 1.14 bits per heavy atom. The molecule has 0 bridgehead atoms. The number of pyridine rings is 1. The minimum Gasteiger partial charge on any atom is -0.334 e. The Labute approximate surface area is 167 Å². The molecule has 8 heteroatoms. The molecule has 1 aromatic carbocycles. The average molecular weight is 388 g/mol. The molecule has 1 aliphatic heterocycles. The fourth-order valence-corrected chi connectivity index (χ4v) is 3.18. The maximum Gasteiger partial charge on any atom is 0.247 e. The predicted octanol–water partition coefficient (Wildman–Crippen LogP) is 1.91. The first-order chi connectivity index (χ1) is 14.2. The standard InChI is InChI=1S/C21H20N6O2/c28-20(15-27-12-10-23-25-27)24-19-7-5-16(13-22-19)6-8-21(29)26-11-9-17-3-1-2-4-18(17)14-26/h1-8,10,12-13H,9,11,14-15H2,(H,22,24,28)/b8-6+. The third-order valence-electron chi connectivity index (χ3n) is 4.69. The molecule has 0 saturated carbocycles. The van der Waals surface area contributed by atoms with E-state index in [-0.39, 0.29) is 18.4 Å². The lowest BCUT2D eigenvalue weighted by Crippen LogP contribution is -2.34. The zero-order valence-electron chi connectivity index (χ0n) is 15.7. The molecule has 146 valence electrons. The number of benzene rings is 1. The van der Waals surface area contributed by atoms with Gasteiger partial charge in [-0.25, -0.2) is 9.67 Å². The minimum atomic E-state index is -0.244. The van der Waals surface area contributed by atoms with Crippen molar-refractivity contribution in [2.45, 2.75) is 19.5 Å². The number of hydrogen-bond donors (Lipinski definition) is 1. The molecule has 1 aliphatic rings. The fraction of sp³-hybridized carbons (Fsp3) is 0.190. The van der Waals surface area contributed by atoms with Crippen LogP contribution in [0.15, 0.2) is 61.1 Å². The highest BCUT2D eigenvalue weighted by Gasteiger charge is 2.18. The number of rotatable bonds is 5. The normalized spacial score (nSPS) is 13.3. The fourth-order valence-electron chi connectivity index (χ4n) is 3.18. The third-order valence-corrected chi connectivity index (χ3v) is 4.69.